The van der Waals surface area contributed by atoms with Crippen LogP contribution in [-0.4, -0.2) is 34.3 Å². The van der Waals surface area contributed by atoms with Gasteiger partial charge in [-0.15, -0.1) is 5.10 Å². The topological polar surface area (TPSA) is 124 Å². The second-order valence-electron chi connectivity index (χ2n) is 7.59. The number of non-ortho nitro benzene ring substituents is 1. The first-order valence-electron chi connectivity index (χ1n) is 10.4. The lowest BCUT2D eigenvalue weighted by Gasteiger charge is -2.03. The van der Waals surface area contributed by atoms with Crippen molar-refractivity contribution in [1.29, 1.82) is 0 Å². The summed E-state index contributed by atoms with van der Waals surface area (Å²) in [7, 11) is 0. The van der Waals surface area contributed by atoms with Crippen LogP contribution in [0, 0.1) is 10.1 Å². The lowest BCUT2D eigenvalue weighted by molar-refractivity contribution is -0.384. The van der Waals surface area contributed by atoms with Gasteiger partial charge in [-0.1, -0.05) is 48.5 Å². The summed E-state index contributed by atoms with van der Waals surface area (Å²) in [6.45, 7) is 0. The van der Waals surface area contributed by atoms with Gasteiger partial charge < -0.3 is 0 Å². The highest BCUT2D eigenvalue weighted by atomic mass is 16.6. The summed E-state index contributed by atoms with van der Waals surface area (Å²) >= 11 is 0. The van der Waals surface area contributed by atoms with Crippen molar-refractivity contribution in [2.75, 3.05) is 0 Å². The van der Waals surface area contributed by atoms with Crippen LogP contribution < -0.4 is 5.56 Å². The number of nitrogens with one attached hydrogen (secondary N) is 1. The van der Waals surface area contributed by atoms with E-state index >= 15 is 0 Å². The minimum atomic E-state index is -0.467. The summed E-state index contributed by atoms with van der Waals surface area (Å²) in [5, 5.41) is 20.8. The van der Waals surface area contributed by atoms with Gasteiger partial charge in [-0.2, -0.15) is 14.6 Å². The van der Waals surface area contributed by atoms with E-state index in [4.69, 9.17) is 5.10 Å². The average molecular weight is 449 g/mol. The number of nitrogens with zero attached hydrogens (tertiary/aromatic N) is 6. The second-order valence-corrected chi connectivity index (χ2v) is 7.59. The Kier molecular flexibility index (Phi) is 4.30. The number of rotatable bonds is 4. The van der Waals surface area contributed by atoms with Crippen molar-refractivity contribution in [3.8, 4) is 28.3 Å². The van der Waals surface area contributed by atoms with Crippen LogP contribution in [0.5, 0.6) is 0 Å². The fourth-order valence-electron chi connectivity index (χ4n) is 3.92. The van der Waals surface area contributed by atoms with Gasteiger partial charge in [0.25, 0.3) is 11.2 Å². The summed E-state index contributed by atoms with van der Waals surface area (Å²) in [5.74, 6) is 0.558. The van der Waals surface area contributed by atoms with E-state index < -0.39 is 4.92 Å². The molecular weight excluding hydrogens is 434 g/mol. The fraction of sp³-hybridized carbons (Fsp3) is 0. The zero-order chi connectivity index (χ0) is 23.2. The van der Waals surface area contributed by atoms with Crippen LogP contribution in [0.3, 0.4) is 0 Å². The molecule has 0 atom stereocenters. The Morgan fingerprint density at radius 3 is 2.18 bits per heavy atom. The normalized spacial score (nSPS) is 11.3. The maximum Gasteiger partial charge on any atom is 0.269 e. The van der Waals surface area contributed by atoms with Crippen molar-refractivity contribution >= 4 is 22.5 Å². The number of H-pyrrole nitrogens is 1. The molecule has 3 heterocycles. The molecule has 0 saturated carbocycles. The Labute approximate surface area is 190 Å². The molecule has 10 heteroatoms. The Bertz CT molecular complexity index is 1740. The largest absolute Gasteiger partial charge is 0.290 e. The summed E-state index contributed by atoms with van der Waals surface area (Å²) in [4.78, 5) is 31.0. The zero-order valence-electron chi connectivity index (χ0n) is 17.5. The highest BCUT2D eigenvalue weighted by Crippen LogP contribution is 2.28. The van der Waals surface area contributed by atoms with E-state index in [9.17, 15) is 14.9 Å². The average Bonchev–Trinajstić information content (AvgIpc) is 3.48. The van der Waals surface area contributed by atoms with Gasteiger partial charge in [-0.25, -0.2) is 4.68 Å². The van der Waals surface area contributed by atoms with Gasteiger partial charge in [-0.3, -0.25) is 19.9 Å². The number of aromatic amines is 1. The van der Waals surface area contributed by atoms with Crippen LogP contribution in [0.1, 0.15) is 0 Å². The molecule has 0 unspecified atom stereocenters. The number of para-hydroxylation sites is 1. The molecule has 0 aliphatic carbocycles. The van der Waals surface area contributed by atoms with Gasteiger partial charge in [-0.05, 0) is 24.3 Å². The molecule has 0 aliphatic rings. The highest BCUT2D eigenvalue weighted by Gasteiger charge is 2.22. The minimum Gasteiger partial charge on any atom is -0.290 e. The van der Waals surface area contributed by atoms with Crippen molar-refractivity contribution in [1.82, 2.24) is 29.4 Å². The Morgan fingerprint density at radius 1 is 0.824 bits per heavy atom. The summed E-state index contributed by atoms with van der Waals surface area (Å²) in [6, 6.07) is 24.8. The summed E-state index contributed by atoms with van der Waals surface area (Å²) in [6.07, 6.45) is 0. The number of nitro benzene ring substituents is 1. The van der Waals surface area contributed by atoms with Crippen LogP contribution >= 0.6 is 0 Å². The van der Waals surface area contributed by atoms with E-state index in [1.54, 1.807) is 21.3 Å². The van der Waals surface area contributed by atoms with Gasteiger partial charge >= 0.3 is 0 Å². The maximum absolute atomic E-state index is 13.2. The number of nitro groups is 1. The third-order valence-corrected chi connectivity index (χ3v) is 5.51. The molecule has 164 valence electrons. The van der Waals surface area contributed by atoms with E-state index in [1.165, 1.54) is 12.1 Å². The molecule has 0 spiro atoms. The summed E-state index contributed by atoms with van der Waals surface area (Å²) < 4.78 is 3.22. The second kappa shape index (κ2) is 7.48. The van der Waals surface area contributed by atoms with Crippen LogP contribution in [-0.2, 0) is 0 Å². The first-order chi connectivity index (χ1) is 16.6. The molecular formula is C24H15N7O3. The monoisotopic (exact) mass is 449 g/mol. The zero-order valence-corrected chi connectivity index (χ0v) is 17.5. The number of hydrogen-bond acceptors (Lipinski definition) is 6. The Balaban J connectivity index is 1.66. The van der Waals surface area contributed by atoms with Crippen molar-refractivity contribution in [2.24, 2.45) is 0 Å². The number of aromatic nitrogens is 6. The van der Waals surface area contributed by atoms with E-state index in [0.717, 1.165) is 11.3 Å². The Morgan fingerprint density at radius 2 is 1.50 bits per heavy atom. The molecule has 3 aromatic carbocycles. The lowest BCUT2D eigenvalue weighted by Crippen LogP contribution is -2.11. The SMILES string of the molecule is O=c1[nH]c2nc(-c3ccc([N+](=O)[O-])cc3)nn2c2c1c(-c1ccccc1)nn2-c1ccccc1. The molecule has 10 nitrogen and oxygen atoms in total. The fourth-order valence-corrected chi connectivity index (χ4v) is 3.92. The minimum absolute atomic E-state index is 0.0297. The molecule has 0 fully saturated rings. The van der Waals surface area contributed by atoms with Crippen LogP contribution in [0.2, 0.25) is 0 Å². The van der Waals surface area contributed by atoms with Gasteiger partial charge in [0.15, 0.2) is 11.5 Å². The Hall–Kier alpha value is -5.12. The molecule has 34 heavy (non-hydrogen) atoms. The first kappa shape index (κ1) is 19.6. The van der Waals surface area contributed by atoms with E-state index in [0.29, 0.717) is 28.1 Å². The highest BCUT2D eigenvalue weighted by molar-refractivity contribution is 5.92. The van der Waals surface area contributed by atoms with Gasteiger partial charge in [0.05, 0.1) is 10.6 Å². The van der Waals surface area contributed by atoms with Crippen molar-refractivity contribution in [3.63, 3.8) is 0 Å². The van der Waals surface area contributed by atoms with Crippen LogP contribution in [0.4, 0.5) is 5.69 Å². The third kappa shape index (κ3) is 3.05. The van der Waals surface area contributed by atoms with Gasteiger partial charge in [0, 0.05) is 23.3 Å². The van der Waals surface area contributed by atoms with E-state index in [1.807, 2.05) is 60.7 Å². The van der Waals surface area contributed by atoms with Crippen LogP contribution in [0.25, 0.3) is 45.1 Å². The molecule has 1 N–H and O–H groups in total. The van der Waals surface area contributed by atoms with Crippen LogP contribution in [0.15, 0.2) is 89.7 Å². The van der Waals surface area contributed by atoms with Crippen molar-refractivity contribution in [3.05, 3.63) is 105 Å². The molecule has 0 saturated heterocycles. The van der Waals surface area contributed by atoms with Crippen molar-refractivity contribution < 1.29 is 4.92 Å². The molecule has 6 rings (SSSR count). The van der Waals surface area contributed by atoms with E-state index in [-0.39, 0.29) is 17.0 Å². The molecule has 6 aromatic rings. The number of benzene rings is 3. The molecule has 0 bridgehead atoms. The lowest BCUT2D eigenvalue weighted by atomic mass is 10.1. The first-order valence-corrected chi connectivity index (χ1v) is 10.4. The predicted molar refractivity (Wildman–Crippen MR) is 126 cm³/mol. The molecule has 0 aliphatic heterocycles. The summed E-state index contributed by atoms with van der Waals surface area (Å²) in [5.41, 5.74) is 2.75. The van der Waals surface area contributed by atoms with Gasteiger partial charge in [0.2, 0.25) is 5.78 Å². The maximum atomic E-state index is 13.2. The van der Waals surface area contributed by atoms with Gasteiger partial charge in [0.1, 0.15) is 11.1 Å². The smallest absolute Gasteiger partial charge is 0.269 e. The molecule has 3 aromatic heterocycles. The third-order valence-electron chi connectivity index (χ3n) is 5.51. The number of fused-ring (bicyclic) bond motifs is 3. The predicted octanol–water partition coefficient (Wildman–Crippen LogP) is 4.00. The quantitative estimate of drug-likeness (QED) is 0.320. The number of hydrogen-bond donors (Lipinski definition) is 1. The standard InChI is InChI=1S/C24H15N7O3/c32-22-19-20(15-7-3-1-4-8-15)27-29(17-9-5-2-6-10-17)23(19)30-24(26-22)25-21(28-30)16-11-13-18(14-12-16)31(33)34/h1-14H,(H,25,26,28,32). The molecule has 0 radical (unpaired) electrons. The van der Waals surface area contributed by atoms with E-state index in [2.05, 4.69) is 15.1 Å². The molecule has 0 amide bonds. The van der Waals surface area contributed by atoms with Crippen molar-refractivity contribution in [2.45, 2.75) is 0 Å².